The fraction of sp³-hybridized carbons (Fsp3) is 0.756. The van der Waals surface area contributed by atoms with Crippen LogP contribution in [0, 0.1) is 0 Å². The van der Waals surface area contributed by atoms with Crippen molar-refractivity contribution in [3.8, 4) is 5.75 Å². The monoisotopic (exact) mass is 779 g/mol. The van der Waals surface area contributed by atoms with Crippen molar-refractivity contribution in [2.75, 3.05) is 98.4 Å². The van der Waals surface area contributed by atoms with E-state index in [1.54, 1.807) is 6.92 Å². The van der Waals surface area contributed by atoms with E-state index in [1.165, 1.54) is 0 Å². The van der Waals surface area contributed by atoms with Gasteiger partial charge in [0, 0.05) is 59.0 Å². The topological polar surface area (TPSA) is 137 Å². The van der Waals surface area contributed by atoms with Crippen molar-refractivity contribution in [2.24, 2.45) is 0 Å². The maximum Gasteiger partial charge on any atom is 0.323 e. The Balaban J connectivity index is 2.46. The third kappa shape index (κ3) is 21.5. The van der Waals surface area contributed by atoms with Crippen LogP contribution < -0.4 is 4.74 Å². The molecular formula is C41H70N4O10. The van der Waals surface area contributed by atoms with Gasteiger partial charge < -0.3 is 28.4 Å². The minimum atomic E-state index is -0.658. The van der Waals surface area contributed by atoms with Crippen LogP contribution in [0.15, 0.2) is 24.3 Å². The van der Waals surface area contributed by atoms with Gasteiger partial charge in [0.05, 0.1) is 32.8 Å². The molecule has 314 valence electrons. The summed E-state index contributed by atoms with van der Waals surface area (Å²) in [5.74, 6) is -0.727. The van der Waals surface area contributed by atoms with Gasteiger partial charge in [0.15, 0.2) is 0 Å². The number of esters is 4. The first-order chi connectivity index (χ1) is 25.7. The van der Waals surface area contributed by atoms with Crippen molar-refractivity contribution < 1.29 is 47.6 Å². The van der Waals surface area contributed by atoms with Crippen LogP contribution >= 0.6 is 0 Å². The summed E-state index contributed by atoms with van der Waals surface area (Å²) in [5.41, 5.74) is -1.03. The van der Waals surface area contributed by atoms with E-state index in [1.807, 2.05) is 108 Å². The molecule has 1 aliphatic rings. The van der Waals surface area contributed by atoms with Crippen LogP contribution in [0.4, 0.5) is 0 Å². The van der Waals surface area contributed by atoms with Gasteiger partial charge in [-0.2, -0.15) is 0 Å². The van der Waals surface area contributed by atoms with E-state index in [2.05, 4.69) is 4.90 Å². The quantitative estimate of drug-likeness (QED) is 0.137. The van der Waals surface area contributed by atoms with Crippen LogP contribution in [-0.4, -0.2) is 165 Å². The van der Waals surface area contributed by atoms with Gasteiger partial charge in [-0.25, -0.2) is 0 Å². The molecule has 0 bridgehead atoms. The molecule has 0 aromatic heterocycles. The summed E-state index contributed by atoms with van der Waals surface area (Å²) in [6.07, 6.45) is 0.375. The number of carbonyl (C=O) groups is 4. The largest absolute Gasteiger partial charge is 0.491 e. The number of benzene rings is 1. The summed E-state index contributed by atoms with van der Waals surface area (Å²) in [5, 5.41) is 0. The third-order valence-electron chi connectivity index (χ3n) is 8.24. The lowest BCUT2D eigenvalue weighted by molar-refractivity contribution is -0.159. The van der Waals surface area contributed by atoms with Crippen molar-refractivity contribution in [3.05, 3.63) is 29.8 Å². The number of rotatable bonds is 16. The maximum atomic E-state index is 13.7. The zero-order valence-electron chi connectivity index (χ0n) is 35.6. The Labute approximate surface area is 330 Å². The van der Waals surface area contributed by atoms with E-state index in [9.17, 15) is 19.2 Å². The lowest BCUT2D eigenvalue weighted by Gasteiger charge is -2.36. The van der Waals surface area contributed by atoms with Crippen LogP contribution in [-0.2, 0) is 49.3 Å². The number of nitrogens with zero attached hydrogens (tertiary/aromatic N) is 4. The van der Waals surface area contributed by atoms with Crippen LogP contribution in [0.3, 0.4) is 0 Å². The molecule has 0 radical (unpaired) electrons. The molecule has 0 spiro atoms. The molecule has 1 aromatic rings. The predicted molar refractivity (Wildman–Crippen MR) is 211 cm³/mol. The molecule has 0 unspecified atom stereocenters. The van der Waals surface area contributed by atoms with Gasteiger partial charge in [0.1, 0.15) is 35.2 Å². The highest BCUT2D eigenvalue weighted by Gasteiger charge is 2.31. The fourth-order valence-corrected chi connectivity index (χ4v) is 5.92. The normalized spacial score (nSPS) is 17.0. The number of hydrogen-bond acceptors (Lipinski definition) is 14. The van der Waals surface area contributed by atoms with Crippen molar-refractivity contribution in [1.82, 2.24) is 19.6 Å². The molecule has 0 aliphatic carbocycles. The zero-order valence-corrected chi connectivity index (χ0v) is 35.6. The molecule has 0 N–H and O–H groups in total. The maximum absolute atomic E-state index is 13.7. The average molecular weight is 779 g/mol. The molecule has 1 atom stereocenters. The van der Waals surface area contributed by atoms with Crippen LogP contribution in [0.2, 0.25) is 0 Å². The second kappa shape index (κ2) is 23.1. The van der Waals surface area contributed by atoms with Crippen LogP contribution in [0.1, 0.15) is 81.7 Å². The van der Waals surface area contributed by atoms with Gasteiger partial charge in [-0.3, -0.25) is 38.8 Å². The third-order valence-corrected chi connectivity index (χ3v) is 8.24. The molecule has 1 saturated heterocycles. The SMILES string of the molecule is CCOCCOc1ccc(C[C@@H](C(=O)OCC)N2CCN(CC(=O)OC(C)(C)C)CCN(CC(=O)OC(C)(C)C)CCN(CC(=O)OC(C)(C)C)CC2)cc1. The molecular weight excluding hydrogens is 708 g/mol. The molecule has 0 amide bonds. The Kier molecular flexibility index (Phi) is 20.1. The molecule has 1 fully saturated rings. The van der Waals surface area contributed by atoms with Crippen molar-refractivity contribution >= 4 is 23.9 Å². The standard InChI is InChI=1S/C41H70N4O10/c1-12-50-26-27-52-33-16-14-32(15-17-33)28-34(38(49)51-13-2)45-24-22-43(30-36(47)54-40(6,7)8)20-18-42(29-35(46)53-39(3,4)5)19-21-44(23-25-45)31-37(48)55-41(9,10)11/h14-17,34H,12-13,18-31H2,1-11H3/t34-/m0/s1. The van der Waals surface area contributed by atoms with Gasteiger partial charge in [0.2, 0.25) is 0 Å². The first-order valence-corrected chi connectivity index (χ1v) is 19.7. The number of hydrogen-bond donors (Lipinski definition) is 0. The molecule has 55 heavy (non-hydrogen) atoms. The van der Waals surface area contributed by atoms with E-state index in [4.69, 9.17) is 28.4 Å². The van der Waals surface area contributed by atoms with Crippen molar-refractivity contribution in [1.29, 1.82) is 0 Å². The summed E-state index contributed by atoms with van der Waals surface area (Å²) >= 11 is 0. The number of ether oxygens (including phenoxy) is 6. The smallest absolute Gasteiger partial charge is 0.323 e. The fourth-order valence-electron chi connectivity index (χ4n) is 5.92. The second-order valence-electron chi connectivity index (χ2n) is 16.8. The van der Waals surface area contributed by atoms with E-state index in [0.29, 0.717) is 84.3 Å². The number of carbonyl (C=O) groups excluding carboxylic acids is 4. The molecule has 1 aliphatic heterocycles. The lowest BCUT2D eigenvalue weighted by Crippen LogP contribution is -2.53. The average Bonchev–Trinajstić information content (AvgIpc) is 3.04. The molecule has 1 aromatic carbocycles. The summed E-state index contributed by atoms with van der Waals surface area (Å²) < 4.78 is 33.8. The van der Waals surface area contributed by atoms with Gasteiger partial charge in [-0.05, 0) is 100 Å². The summed E-state index contributed by atoms with van der Waals surface area (Å²) in [6, 6.07) is 7.01. The predicted octanol–water partition coefficient (Wildman–Crippen LogP) is 3.82. The van der Waals surface area contributed by atoms with E-state index in [-0.39, 0.29) is 50.1 Å². The van der Waals surface area contributed by atoms with E-state index >= 15 is 0 Å². The molecule has 14 heteroatoms. The van der Waals surface area contributed by atoms with Gasteiger partial charge in [-0.1, -0.05) is 12.1 Å². The van der Waals surface area contributed by atoms with E-state index in [0.717, 1.165) is 5.56 Å². The van der Waals surface area contributed by atoms with E-state index < -0.39 is 22.8 Å². The minimum Gasteiger partial charge on any atom is -0.491 e. The Bertz CT molecular complexity index is 1270. The van der Waals surface area contributed by atoms with Gasteiger partial charge in [0.25, 0.3) is 0 Å². The molecule has 2 rings (SSSR count). The Morgan fingerprint density at radius 3 is 1.35 bits per heavy atom. The molecule has 0 saturated carbocycles. The first-order valence-electron chi connectivity index (χ1n) is 19.7. The highest BCUT2D eigenvalue weighted by atomic mass is 16.6. The Morgan fingerprint density at radius 1 is 0.582 bits per heavy atom. The molecule has 14 nitrogen and oxygen atoms in total. The molecule has 1 heterocycles. The van der Waals surface area contributed by atoms with Crippen LogP contribution in [0.25, 0.3) is 0 Å². The van der Waals surface area contributed by atoms with Crippen LogP contribution in [0.5, 0.6) is 5.75 Å². The summed E-state index contributed by atoms with van der Waals surface area (Å²) in [4.78, 5) is 61.1. The van der Waals surface area contributed by atoms with Crippen molar-refractivity contribution in [2.45, 2.75) is 105 Å². The Morgan fingerprint density at radius 2 is 0.982 bits per heavy atom. The lowest BCUT2D eigenvalue weighted by atomic mass is 10.0. The highest BCUT2D eigenvalue weighted by molar-refractivity contribution is 5.76. The minimum absolute atomic E-state index is 0.0327. The Hall–Kier alpha value is -3.30. The first kappa shape index (κ1) is 47.9. The second-order valence-corrected chi connectivity index (χ2v) is 16.8. The highest BCUT2D eigenvalue weighted by Crippen LogP contribution is 2.18. The summed E-state index contributed by atoms with van der Waals surface area (Å²) in [6.45, 7) is 25.5. The summed E-state index contributed by atoms with van der Waals surface area (Å²) in [7, 11) is 0. The zero-order chi connectivity index (χ0) is 41.2. The van der Waals surface area contributed by atoms with Crippen molar-refractivity contribution in [3.63, 3.8) is 0 Å². The van der Waals surface area contributed by atoms with Gasteiger partial charge in [-0.15, -0.1) is 0 Å². The van der Waals surface area contributed by atoms with Gasteiger partial charge >= 0.3 is 23.9 Å².